The van der Waals surface area contributed by atoms with Crippen molar-refractivity contribution < 1.29 is 0 Å². The fourth-order valence-electron chi connectivity index (χ4n) is 2.07. The van der Waals surface area contributed by atoms with Crippen LogP contribution in [-0.2, 0) is 0 Å². The zero-order valence-corrected chi connectivity index (χ0v) is 7.60. The van der Waals surface area contributed by atoms with Gasteiger partial charge in [-0.15, -0.1) is 0 Å². The zero-order chi connectivity index (χ0) is 8.23. The minimum absolute atomic E-state index is 1.04. The molecule has 0 unspecified atom stereocenters. The van der Waals surface area contributed by atoms with Crippen LogP contribution in [0.5, 0.6) is 0 Å². The number of nitrogens with one attached hydrogen (secondary N) is 1. The molecule has 1 saturated carbocycles. The van der Waals surface area contributed by atoms with Crippen LogP contribution in [0.1, 0.15) is 38.5 Å². The van der Waals surface area contributed by atoms with E-state index in [1.54, 1.807) is 11.1 Å². The van der Waals surface area contributed by atoms with Gasteiger partial charge in [-0.25, -0.2) is 0 Å². The van der Waals surface area contributed by atoms with E-state index in [2.05, 4.69) is 17.6 Å². The van der Waals surface area contributed by atoms with Crippen LogP contribution in [0.4, 0.5) is 0 Å². The normalized spacial score (nSPS) is 24.0. The van der Waals surface area contributed by atoms with Crippen molar-refractivity contribution in [1.82, 2.24) is 5.32 Å². The summed E-state index contributed by atoms with van der Waals surface area (Å²) in [7, 11) is 0. The summed E-state index contributed by atoms with van der Waals surface area (Å²) in [4.78, 5) is 0. The number of fused-ring (bicyclic) bond motifs is 1. The first kappa shape index (κ1) is 7.90. The lowest BCUT2D eigenvalue weighted by molar-refractivity contribution is 0.607. The quantitative estimate of drug-likeness (QED) is 0.579. The molecule has 0 amide bonds. The molecule has 0 aromatic heterocycles. The van der Waals surface area contributed by atoms with Gasteiger partial charge in [-0.2, -0.15) is 0 Å². The van der Waals surface area contributed by atoms with Crippen molar-refractivity contribution in [3.63, 3.8) is 0 Å². The van der Waals surface area contributed by atoms with Gasteiger partial charge in [0.25, 0.3) is 0 Å². The molecule has 1 heterocycles. The molecule has 0 bridgehead atoms. The molecule has 12 heavy (non-hydrogen) atoms. The molecular formula is C11H17N. The predicted molar refractivity (Wildman–Crippen MR) is 51.9 cm³/mol. The molecule has 1 aliphatic carbocycles. The van der Waals surface area contributed by atoms with Crippen molar-refractivity contribution in [1.29, 1.82) is 0 Å². The summed E-state index contributed by atoms with van der Waals surface area (Å²) in [5.74, 6) is 0. The van der Waals surface area contributed by atoms with E-state index in [9.17, 15) is 0 Å². The summed E-state index contributed by atoms with van der Waals surface area (Å²) in [5, 5.41) is 3.29. The lowest BCUT2D eigenvalue weighted by Crippen LogP contribution is -2.13. The van der Waals surface area contributed by atoms with Crippen molar-refractivity contribution in [2.24, 2.45) is 0 Å². The molecule has 0 saturated heterocycles. The SMILES string of the molecule is C1=C2CCCCCCC2=CNC1. The highest BCUT2D eigenvalue weighted by molar-refractivity contribution is 5.33. The topological polar surface area (TPSA) is 12.0 Å². The molecule has 66 valence electrons. The van der Waals surface area contributed by atoms with Crippen LogP contribution >= 0.6 is 0 Å². The lowest BCUT2D eigenvalue weighted by Gasteiger charge is -2.19. The average molecular weight is 163 g/mol. The second-order valence-corrected chi connectivity index (χ2v) is 3.72. The van der Waals surface area contributed by atoms with Gasteiger partial charge < -0.3 is 5.32 Å². The molecule has 1 heteroatoms. The van der Waals surface area contributed by atoms with Crippen molar-refractivity contribution in [3.8, 4) is 0 Å². The molecule has 0 aromatic carbocycles. The summed E-state index contributed by atoms with van der Waals surface area (Å²) in [6.45, 7) is 1.04. The maximum Gasteiger partial charge on any atom is 0.0331 e. The van der Waals surface area contributed by atoms with Gasteiger partial charge in [-0.05, 0) is 36.8 Å². The molecule has 0 aromatic rings. The van der Waals surface area contributed by atoms with Crippen LogP contribution in [0.25, 0.3) is 0 Å². The Morgan fingerprint density at radius 1 is 0.917 bits per heavy atom. The van der Waals surface area contributed by atoms with E-state index in [0.717, 1.165) is 6.54 Å². The highest BCUT2D eigenvalue weighted by Gasteiger charge is 2.10. The smallest absolute Gasteiger partial charge is 0.0331 e. The summed E-state index contributed by atoms with van der Waals surface area (Å²) >= 11 is 0. The van der Waals surface area contributed by atoms with Crippen molar-refractivity contribution >= 4 is 0 Å². The molecule has 0 spiro atoms. The molecule has 0 atom stereocenters. The zero-order valence-electron chi connectivity index (χ0n) is 7.60. The maximum atomic E-state index is 3.29. The van der Waals surface area contributed by atoms with Gasteiger partial charge in [0.1, 0.15) is 0 Å². The second-order valence-electron chi connectivity index (χ2n) is 3.72. The van der Waals surface area contributed by atoms with E-state index in [-0.39, 0.29) is 0 Å². The van der Waals surface area contributed by atoms with Crippen LogP contribution in [0.2, 0.25) is 0 Å². The number of hydrogen-bond donors (Lipinski definition) is 1. The van der Waals surface area contributed by atoms with Gasteiger partial charge in [-0.3, -0.25) is 0 Å². The van der Waals surface area contributed by atoms with Gasteiger partial charge in [0.2, 0.25) is 0 Å². The fourth-order valence-corrected chi connectivity index (χ4v) is 2.07. The molecule has 2 rings (SSSR count). The van der Waals surface area contributed by atoms with Crippen molar-refractivity contribution in [3.05, 3.63) is 23.4 Å². The standard InChI is InChI=1S/C11H17N/c1-2-4-6-11-9-12-8-7-10(11)5-3-1/h7,9,12H,1-6,8H2. The molecule has 1 aliphatic heterocycles. The highest BCUT2D eigenvalue weighted by Crippen LogP contribution is 2.27. The highest BCUT2D eigenvalue weighted by atomic mass is 14.8. The fraction of sp³-hybridized carbons (Fsp3) is 0.636. The van der Waals surface area contributed by atoms with Crippen molar-refractivity contribution in [2.75, 3.05) is 6.54 Å². The van der Waals surface area contributed by atoms with Gasteiger partial charge in [-0.1, -0.05) is 18.9 Å². The minimum Gasteiger partial charge on any atom is -0.387 e. The third-order valence-electron chi connectivity index (χ3n) is 2.80. The Kier molecular flexibility index (Phi) is 2.50. The van der Waals surface area contributed by atoms with Crippen LogP contribution in [0.3, 0.4) is 0 Å². The largest absolute Gasteiger partial charge is 0.387 e. The number of allylic oxidation sites excluding steroid dienone is 2. The van der Waals surface area contributed by atoms with Crippen LogP contribution in [-0.4, -0.2) is 6.54 Å². The summed E-state index contributed by atoms with van der Waals surface area (Å²) in [6, 6.07) is 0. The van der Waals surface area contributed by atoms with E-state index in [0.29, 0.717) is 0 Å². The van der Waals surface area contributed by atoms with Gasteiger partial charge in [0, 0.05) is 12.7 Å². The number of rotatable bonds is 0. The summed E-state index contributed by atoms with van der Waals surface area (Å²) in [6.07, 6.45) is 12.8. The molecule has 1 nitrogen and oxygen atoms in total. The Bertz CT molecular complexity index is 189. The van der Waals surface area contributed by atoms with Crippen LogP contribution in [0, 0.1) is 0 Å². The molecule has 1 fully saturated rings. The van der Waals surface area contributed by atoms with E-state index < -0.39 is 0 Å². The van der Waals surface area contributed by atoms with Crippen LogP contribution < -0.4 is 5.32 Å². The monoisotopic (exact) mass is 163 g/mol. The summed E-state index contributed by atoms with van der Waals surface area (Å²) in [5.41, 5.74) is 3.19. The first-order chi connectivity index (χ1) is 5.97. The summed E-state index contributed by atoms with van der Waals surface area (Å²) < 4.78 is 0. The Hall–Kier alpha value is -0.720. The molecular weight excluding hydrogens is 146 g/mol. The third-order valence-corrected chi connectivity index (χ3v) is 2.80. The minimum atomic E-state index is 1.04. The Morgan fingerprint density at radius 3 is 2.50 bits per heavy atom. The van der Waals surface area contributed by atoms with E-state index in [1.165, 1.54) is 38.5 Å². The molecule has 2 aliphatic rings. The average Bonchev–Trinajstić information content (AvgIpc) is 2.06. The molecule has 1 N–H and O–H groups in total. The Morgan fingerprint density at radius 2 is 1.67 bits per heavy atom. The molecule has 0 radical (unpaired) electrons. The number of dihydropyridines is 1. The maximum absolute atomic E-state index is 3.29. The van der Waals surface area contributed by atoms with Crippen LogP contribution in [0.15, 0.2) is 23.4 Å². The van der Waals surface area contributed by atoms with Gasteiger partial charge >= 0.3 is 0 Å². The predicted octanol–water partition coefficient (Wildman–Crippen LogP) is 2.75. The van der Waals surface area contributed by atoms with Gasteiger partial charge in [0.05, 0.1) is 0 Å². The van der Waals surface area contributed by atoms with Crippen molar-refractivity contribution in [2.45, 2.75) is 38.5 Å². The first-order valence-corrected chi connectivity index (χ1v) is 5.08. The third kappa shape index (κ3) is 1.71. The van der Waals surface area contributed by atoms with Gasteiger partial charge in [0.15, 0.2) is 0 Å². The number of hydrogen-bond acceptors (Lipinski definition) is 1. The second kappa shape index (κ2) is 3.79. The van der Waals surface area contributed by atoms with E-state index >= 15 is 0 Å². The Labute approximate surface area is 74.5 Å². The first-order valence-electron chi connectivity index (χ1n) is 5.08. The Balaban J connectivity index is 2.08. The lowest BCUT2D eigenvalue weighted by atomic mass is 9.91. The van der Waals surface area contributed by atoms with E-state index in [4.69, 9.17) is 0 Å². The van der Waals surface area contributed by atoms with E-state index in [1.807, 2.05) is 0 Å².